The first-order chi connectivity index (χ1) is 5.92. The number of fused-ring (bicyclic) bond motifs is 1. The van der Waals surface area contributed by atoms with Gasteiger partial charge in [-0.05, 0) is 30.5 Å². The Morgan fingerprint density at radius 1 is 1.38 bits per heavy atom. The van der Waals surface area contributed by atoms with Gasteiger partial charge in [0.2, 0.25) is 0 Å². The molecule has 0 saturated heterocycles. The van der Waals surface area contributed by atoms with Crippen LogP contribution in [-0.4, -0.2) is 6.54 Å². The highest BCUT2D eigenvalue weighted by Gasteiger charge is 2.16. The van der Waals surface area contributed by atoms with Crippen LogP contribution in [0.3, 0.4) is 0 Å². The van der Waals surface area contributed by atoms with Gasteiger partial charge in [0.05, 0.1) is 0 Å². The van der Waals surface area contributed by atoms with Crippen molar-refractivity contribution in [1.29, 1.82) is 0 Å². The van der Waals surface area contributed by atoms with Gasteiger partial charge in [0.15, 0.2) is 0 Å². The highest BCUT2D eigenvalue weighted by atomic mass is 35.5. The van der Waals surface area contributed by atoms with Crippen LogP contribution < -0.4 is 5.32 Å². The first kappa shape index (κ1) is 10.6. The molecule has 13 heavy (non-hydrogen) atoms. The summed E-state index contributed by atoms with van der Waals surface area (Å²) in [6, 6.07) is 9.36. The molecule has 0 amide bonds. The Balaban J connectivity index is 0.000000845. The summed E-state index contributed by atoms with van der Waals surface area (Å²) in [5, 5.41) is 3.52. The molecule has 1 atom stereocenters. The molecule has 72 valence electrons. The minimum Gasteiger partial charge on any atom is -0.310 e. The van der Waals surface area contributed by atoms with Gasteiger partial charge in [-0.1, -0.05) is 31.2 Å². The van der Waals surface area contributed by atoms with E-state index < -0.39 is 0 Å². The SMILES string of the molecule is CCC1NCCc2ccccc21.Cl. The minimum absolute atomic E-state index is 0. The summed E-state index contributed by atoms with van der Waals surface area (Å²) >= 11 is 0. The maximum atomic E-state index is 3.52. The van der Waals surface area contributed by atoms with Crippen molar-refractivity contribution in [1.82, 2.24) is 5.32 Å². The molecule has 1 aliphatic rings. The number of benzene rings is 1. The Morgan fingerprint density at radius 2 is 2.15 bits per heavy atom. The maximum absolute atomic E-state index is 3.52. The summed E-state index contributed by atoms with van der Waals surface area (Å²) in [5.74, 6) is 0. The van der Waals surface area contributed by atoms with Crippen molar-refractivity contribution in [3.8, 4) is 0 Å². The second kappa shape index (κ2) is 4.64. The second-order valence-electron chi connectivity index (χ2n) is 3.36. The number of rotatable bonds is 1. The molecule has 2 rings (SSSR count). The molecule has 0 saturated carbocycles. The molecule has 0 bridgehead atoms. The standard InChI is InChI=1S/C11H15N.ClH/c1-2-11-10-6-4-3-5-9(10)7-8-12-11;/h3-6,11-12H,2,7-8H2,1H3;1H. The fraction of sp³-hybridized carbons (Fsp3) is 0.455. The molecule has 1 unspecified atom stereocenters. The van der Waals surface area contributed by atoms with E-state index in [0.29, 0.717) is 6.04 Å². The minimum atomic E-state index is 0. The zero-order chi connectivity index (χ0) is 8.39. The van der Waals surface area contributed by atoms with Gasteiger partial charge in [-0.15, -0.1) is 12.4 Å². The summed E-state index contributed by atoms with van der Waals surface area (Å²) in [5.41, 5.74) is 3.04. The Morgan fingerprint density at radius 3 is 2.92 bits per heavy atom. The van der Waals surface area contributed by atoms with E-state index in [4.69, 9.17) is 0 Å². The van der Waals surface area contributed by atoms with E-state index in [2.05, 4.69) is 36.5 Å². The molecule has 2 heteroatoms. The highest BCUT2D eigenvalue weighted by molar-refractivity contribution is 5.85. The van der Waals surface area contributed by atoms with Crippen molar-refractivity contribution in [2.24, 2.45) is 0 Å². The van der Waals surface area contributed by atoms with Gasteiger partial charge in [0.1, 0.15) is 0 Å². The molecular weight excluding hydrogens is 182 g/mol. The monoisotopic (exact) mass is 197 g/mol. The normalized spacial score (nSPS) is 20.2. The molecule has 0 aromatic heterocycles. The maximum Gasteiger partial charge on any atom is 0.0320 e. The predicted molar refractivity (Wildman–Crippen MR) is 58.4 cm³/mol. The quantitative estimate of drug-likeness (QED) is 0.730. The second-order valence-corrected chi connectivity index (χ2v) is 3.36. The van der Waals surface area contributed by atoms with Gasteiger partial charge < -0.3 is 5.32 Å². The molecule has 0 spiro atoms. The Bertz CT molecular complexity index is 273. The lowest BCUT2D eigenvalue weighted by atomic mass is 9.93. The van der Waals surface area contributed by atoms with E-state index in [1.807, 2.05) is 0 Å². The topological polar surface area (TPSA) is 12.0 Å². The third kappa shape index (κ3) is 2.04. The van der Waals surface area contributed by atoms with Crippen LogP contribution in [0.2, 0.25) is 0 Å². The van der Waals surface area contributed by atoms with Gasteiger partial charge in [0, 0.05) is 6.04 Å². The average molecular weight is 198 g/mol. The Labute approximate surface area is 86.0 Å². The predicted octanol–water partition coefficient (Wildman–Crippen LogP) is 2.71. The van der Waals surface area contributed by atoms with Crippen LogP contribution in [0.4, 0.5) is 0 Å². The molecule has 0 aliphatic carbocycles. The van der Waals surface area contributed by atoms with Crippen molar-refractivity contribution in [2.75, 3.05) is 6.54 Å². The van der Waals surface area contributed by atoms with Gasteiger partial charge in [-0.2, -0.15) is 0 Å². The largest absolute Gasteiger partial charge is 0.310 e. The summed E-state index contributed by atoms with van der Waals surface area (Å²) in [4.78, 5) is 0. The van der Waals surface area contributed by atoms with E-state index >= 15 is 0 Å². The molecule has 1 heterocycles. The zero-order valence-corrected chi connectivity index (χ0v) is 8.73. The molecule has 1 aromatic rings. The first-order valence-corrected chi connectivity index (χ1v) is 4.73. The highest BCUT2D eigenvalue weighted by Crippen LogP contribution is 2.24. The molecule has 0 fully saturated rings. The Kier molecular flexibility index (Phi) is 3.76. The third-order valence-corrected chi connectivity index (χ3v) is 2.62. The summed E-state index contributed by atoms with van der Waals surface area (Å²) in [6.07, 6.45) is 2.38. The summed E-state index contributed by atoms with van der Waals surface area (Å²) in [7, 11) is 0. The van der Waals surface area contributed by atoms with E-state index in [1.165, 1.54) is 24.0 Å². The fourth-order valence-electron chi connectivity index (χ4n) is 1.96. The summed E-state index contributed by atoms with van der Waals surface area (Å²) in [6.45, 7) is 3.37. The van der Waals surface area contributed by atoms with E-state index in [1.54, 1.807) is 0 Å². The molecule has 1 N–H and O–H groups in total. The van der Waals surface area contributed by atoms with Gasteiger partial charge in [0.25, 0.3) is 0 Å². The molecule has 1 aliphatic heterocycles. The van der Waals surface area contributed by atoms with Crippen molar-refractivity contribution >= 4 is 12.4 Å². The van der Waals surface area contributed by atoms with Crippen LogP contribution in [0.25, 0.3) is 0 Å². The summed E-state index contributed by atoms with van der Waals surface area (Å²) < 4.78 is 0. The van der Waals surface area contributed by atoms with Crippen LogP contribution in [0.1, 0.15) is 30.5 Å². The lowest BCUT2D eigenvalue weighted by Gasteiger charge is -2.25. The van der Waals surface area contributed by atoms with Gasteiger partial charge in [-0.25, -0.2) is 0 Å². The van der Waals surface area contributed by atoms with Gasteiger partial charge in [-0.3, -0.25) is 0 Å². The third-order valence-electron chi connectivity index (χ3n) is 2.62. The number of nitrogens with one attached hydrogen (secondary N) is 1. The Hall–Kier alpha value is -0.530. The molecule has 0 radical (unpaired) electrons. The van der Waals surface area contributed by atoms with Crippen molar-refractivity contribution in [3.63, 3.8) is 0 Å². The van der Waals surface area contributed by atoms with E-state index in [-0.39, 0.29) is 12.4 Å². The lowest BCUT2D eigenvalue weighted by molar-refractivity contribution is 0.492. The smallest absolute Gasteiger partial charge is 0.0320 e. The number of halogens is 1. The zero-order valence-electron chi connectivity index (χ0n) is 7.92. The molecular formula is C11H16ClN. The fourth-order valence-corrected chi connectivity index (χ4v) is 1.96. The van der Waals surface area contributed by atoms with Crippen LogP contribution in [0.5, 0.6) is 0 Å². The van der Waals surface area contributed by atoms with Gasteiger partial charge >= 0.3 is 0 Å². The number of hydrogen-bond donors (Lipinski definition) is 1. The first-order valence-electron chi connectivity index (χ1n) is 4.73. The van der Waals surface area contributed by atoms with Crippen LogP contribution in [-0.2, 0) is 6.42 Å². The molecule has 1 nitrogen and oxygen atoms in total. The van der Waals surface area contributed by atoms with E-state index in [0.717, 1.165) is 6.54 Å². The van der Waals surface area contributed by atoms with Crippen LogP contribution in [0.15, 0.2) is 24.3 Å². The van der Waals surface area contributed by atoms with Crippen molar-refractivity contribution in [3.05, 3.63) is 35.4 Å². The van der Waals surface area contributed by atoms with E-state index in [9.17, 15) is 0 Å². The van der Waals surface area contributed by atoms with Crippen LogP contribution >= 0.6 is 12.4 Å². The van der Waals surface area contributed by atoms with Crippen molar-refractivity contribution in [2.45, 2.75) is 25.8 Å². The molecule has 1 aromatic carbocycles. The lowest BCUT2D eigenvalue weighted by Crippen LogP contribution is -2.29. The van der Waals surface area contributed by atoms with Crippen LogP contribution in [0, 0.1) is 0 Å². The average Bonchev–Trinajstić information content (AvgIpc) is 2.17. The number of hydrogen-bond acceptors (Lipinski definition) is 1. The van der Waals surface area contributed by atoms with Crippen molar-refractivity contribution < 1.29 is 0 Å².